The molecule has 0 radical (unpaired) electrons. The van der Waals surface area contributed by atoms with E-state index in [2.05, 4.69) is 0 Å². The Labute approximate surface area is 126 Å². The molecule has 1 aromatic rings. The van der Waals surface area contributed by atoms with Gasteiger partial charge in [0.05, 0.1) is 23.7 Å². The third kappa shape index (κ3) is 3.93. The molecule has 1 aliphatic rings. The average Bonchev–Trinajstić information content (AvgIpc) is 2.40. The highest BCUT2D eigenvalue weighted by molar-refractivity contribution is 8.13. The Morgan fingerprint density at radius 2 is 2.00 bits per heavy atom. The van der Waals surface area contributed by atoms with Crippen molar-refractivity contribution in [3.8, 4) is 0 Å². The summed E-state index contributed by atoms with van der Waals surface area (Å²) in [5.41, 5.74) is -0.0656. The lowest BCUT2D eigenvalue weighted by molar-refractivity contribution is -0.0160. The Morgan fingerprint density at radius 1 is 1.38 bits per heavy atom. The molecule has 0 bridgehead atoms. The summed E-state index contributed by atoms with van der Waals surface area (Å²) in [6.45, 7) is 2.36. The zero-order chi connectivity index (χ0) is 15.6. The number of hydrogen-bond acceptors (Lipinski definition) is 5. The minimum absolute atomic E-state index is 0.0726. The summed E-state index contributed by atoms with van der Waals surface area (Å²) in [6, 6.07) is 1.73. The fourth-order valence-electron chi connectivity index (χ4n) is 2.13. The van der Waals surface area contributed by atoms with Crippen LogP contribution in [0.4, 0.5) is 4.39 Å². The number of carbonyl (C=O) groups is 1. The summed E-state index contributed by atoms with van der Waals surface area (Å²) in [5, 5.41) is 0. The highest BCUT2D eigenvalue weighted by Gasteiger charge is 2.24. The van der Waals surface area contributed by atoms with Crippen molar-refractivity contribution in [2.75, 3.05) is 13.2 Å². The summed E-state index contributed by atoms with van der Waals surface area (Å²) in [7, 11) is 1.10. The molecule has 0 N–H and O–H groups in total. The lowest BCUT2D eigenvalue weighted by Gasteiger charge is -2.22. The van der Waals surface area contributed by atoms with Crippen molar-refractivity contribution < 1.29 is 27.1 Å². The Hall–Kier alpha value is -1.18. The maximum Gasteiger partial charge on any atom is 0.338 e. The summed E-state index contributed by atoms with van der Waals surface area (Å²) < 4.78 is 46.7. The van der Waals surface area contributed by atoms with E-state index in [0.717, 1.165) is 12.1 Å². The zero-order valence-electron chi connectivity index (χ0n) is 11.3. The van der Waals surface area contributed by atoms with Gasteiger partial charge >= 0.3 is 5.97 Å². The number of esters is 1. The number of hydrogen-bond donors (Lipinski definition) is 0. The van der Waals surface area contributed by atoms with Crippen LogP contribution in [0.1, 0.15) is 28.8 Å². The fraction of sp³-hybridized carbons (Fsp3) is 0.462. The third-order valence-corrected chi connectivity index (χ3v) is 4.70. The summed E-state index contributed by atoms with van der Waals surface area (Å²) in [6.07, 6.45) is 0.798. The number of carbonyl (C=O) groups excluding carboxylic acids is 1. The van der Waals surface area contributed by atoms with E-state index in [-0.39, 0.29) is 17.2 Å². The molecule has 0 saturated carbocycles. The first kappa shape index (κ1) is 16.2. The Kier molecular flexibility index (Phi) is 4.85. The zero-order valence-corrected chi connectivity index (χ0v) is 12.8. The third-order valence-electron chi connectivity index (χ3n) is 3.25. The number of halogens is 2. The number of rotatable bonds is 3. The van der Waals surface area contributed by atoms with Crippen LogP contribution in [0, 0.1) is 12.7 Å². The second-order valence-corrected chi connectivity index (χ2v) is 7.27. The van der Waals surface area contributed by atoms with Gasteiger partial charge < -0.3 is 9.47 Å². The van der Waals surface area contributed by atoms with Crippen LogP contribution in [-0.2, 0) is 18.5 Å². The molecular formula is C13H14ClFO5S. The van der Waals surface area contributed by atoms with Gasteiger partial charge in [0.25, 0.3) is 9.05 Å². The molecule has 1 heterocycles. The number of benzene rings is 1. The molecule has 1 aliphatic heterocycles. The van der Waals surface area contributed by atoms with Crippen LogP contribution in [0.15, 0.2) is 17.0 Å². The predicted molar refractivity (Wildman–Crippen MR) is 73.4 cm³/mol. The van der Waals surface area contributed by atoms with Crippen molar-refractivity contribution in [3.05, 3.63) is 29.1 Å². The van der Waals surface area contributed by atoms with E-state index in [1.54, 1.807) is 0 Å². The molecule has 5 nitrogen and oxygen atoms in total. The van der Waals surface area contributed by atoms with E-state index in [1.807, 2.05) is 0 Å². The molecule has 0 unspecified atom stereocenters. The van der Waals surface area contributed by atoms with Crippen LogP contribution in [0.3, 0.4) is 0 Å². The minimum atomic E-state index is -4.14. The van der Waals surface area contributed by atoms with E-state index >= 15 is 0 Å². The van der Waals surface area contributed by atoms with Gasteiger partial charge in [-0.25, -0.2) is 17.6 Å². The SMILES string of the molecule is Cc1c(C(=O)OC2CCOCC2)cc(F)cc1S(=O)(=O)Cl. The summed E-state index contributed by atoms with van der Waals surface area (Å²) >= 11 is 0. The first-order valence-corrected chi connectivity index (χ1v) is 8.63. The predicted octanol–water partition coefficient (Wildman–Crippen LogP) is 2.40. The second-order valence-electron chi connectivity index (χ2n) is 4.73. The van der Waals surface area contributed by atoms with Crippen molar-refractivity contribution in [1.82, 2.24) is 0 Å². The van der Waals surface area contributed by atoms with Gasteiger partial charge in [0, 0.05) is 23.5 Å². The van der Waals surface area contributed by atoms with E-state index in [4.69, 9.17) is 20.2 Å². The van der Waals surface area contributed by atoms with E-state index in [9.17, 15) is 17.6 Å². The quantitative estimate of drug-likeness (QED) is 0.626. The first-order valence-electron chi connectivity index (χ1n) is 6.32. The lowest BCUT2D eigenvalue weighted by Crippen LogP contribution is -2.26. The van der Waals surface area contributed by atoms with Gasteiger partial charge in [-0.1, -0.05) is 0 Å². The van der Waals surface area contributed by atoms with Crippen LogP contribution in [0.5, 0.6) is 0 Å². The molecule has 2 rings (SSSR count). The Bertz CT molecular complexity index is 653. The first-order chi connectivity index (χ1) is 9.79. The van der Waals surface area contributed by atoms with Gasteiger partial charge in [-0.05, 0) is 24.6 Å². The molecule has 1 saturated heterocycles. The molecule has 21 heavy (non-hydrogen) atoms. The highest BCUT2D eigenvalue weighted by Crippen LogP contribution is 2.25. The maximum atomic E-state index is 13.5. The van der Waals surface area contributed by atoms with Gasteiger partial charge in [0.1, 0.15) is 11.9 Å². The van der Waals surface area contributed by atoms with Gasteiger partial charge in [-0.2, -0.15) is 0 Å². The molecular weight excluding hydrogens is 323 g/mol. The summed E-state index contributed by atoms with van der Waals surface area (Å²) in [5.74, 6) is -1.63. The normalized spacial score (nSPS) is 16.7. The molecule has 0 spiro atoms. The van der Waals surface area contributed by atoms with Crippen molar-refractivity contribution in [3.63, 3.8) is 0 Å². The maximum absolute atomic E-state index is 13.5. The van der Waals surface area contributed by atoms with E-state index in [1.165, 1.54) is 6.92 Å². The summed E-state index contributed by atoms with van der Waals surface area (Å²) in [4.78, 5) is 11.7. The Morgan fingerprint density at radius 3 is 2.57 bits per heavy atom. The molecule has 1 aromatic carbocycles. The van der Waals surface area contributed by atoms with Gasteiger partial charge in [-0.3, -0.25) is 0 Å². The molecule has 8 heteroatoms. The standard InChI is InChI=1S/C13H14ClFO5S/c1-8-11(6-9(15)7-12(8)21(14,17)18)13(16)20-10-2-4-19-5-3-10/h6-7,10H,2-5H2,1H3. The van der Waals surface area contributed by atoms with Crippen molar-refractivity contribution >= 4 is 25.7 Å². The monoisotopic (exact) mass is 336 g/mol. The molecule has 0 atom stereocenters. The molecule has 1 fully saturated rings. The van der Waals surface area contributed by atoms with Crippen LogP contribution in [0.2, 0.25) is 0 Å². The van der Waals surface area contributed by atoms with Gasteiger partial charge in [0.2, 0.25) is 0 Å². The molecule has 0 aromatic heterocycles. The fourth-order valence-corrected chi connectivity index (χ4v) is 3.34. The molecule has 116 valence electrons. The second kappa shape index (κ2) is 6.29. The Balaban J connectivity index is 2.30. The van der Waals surface area contributed by atoms with Gasteiger partial charge in [-0.15, -0.1) is 0 Å². The minimum Gasteiger partial charge on any atom is -0.459 e. The van der Waals surface area contributed by atoms with Crippen LogP contribution in [0.25, 0.3) is 0 Å². The van der Waals surface area contributed by atoms with Crippen molar-refractivity contribution in [2.24, 2.45) is 0 Å². The van der Waals surface area contributed by atoms with Gasteiger partial charge in [0.15, 0.2) is 0 Å². The van der Waals surface area contributed by atoms with Crippen LogP contribution < -0.4 is 0 Å². The average molecular weight is 337 g/mol. The van der Waals surface area contributed by atoms with Crippen LogP contribution in [-0.4, -0.2) is 33.7 Å². The van der Waals surface area contributed by atoms with Crippen molar-refractivity contribution in [2.45, 2.75) is 30.8 Å². The lowest BCUT2D eigenvalue weighted by atomic mass is 10.1. The van der Waals surface area contributed by atoms with E-state index in [0.29, 0.717) is 26.1 Å². The smallest absolute Gasteiger partial charge is 0.338 e. The number of ether oxygens (including phenoxy) is 2. The van der Waals surface area contributed by atoms with Crippen LogP contribution >= 0.6 is 10.7 Å². The molecule has 0 aliphatic carbocycles. The highest BCUT2D eigenvalue weighted by atomic mass is 35.7. The topological polar surface area (TPSA) is 69.7 Å². The molecule has 0 amide bonds. The van der Waals surface area contributed by atoms with E-state index < -0.39 is 25.7 Å². The largest absolute Gasteiger partial charge is 0.459 e. The van der Waals surface area contributed by atoms with Crippen molar-refractivity contribution in [1.29, 1.82) is 0 Å².